The number of nitrogens with two attached hydrogens (primary N) is 3. The summed E-state index contributed by atoms with van der Waals surface area (Å²) in [7, 11) is 0. The molecule has 0 spiro atoms. The number of carbonyl (C=O) groups is 1. The van der Waals surface area contributed by atoms with Gasteiger partial charge in [0.25, 0.3) is 0 Å². The van der Waals surface area contributed by atoms with Crippen LogP contribution in [0.25, 0.3) is 90.9 Å². The first-order valence-electron chi connectivity index (χ1n) is 19.9. The molecule has 9 rings (SSSR count). The van der Waals surface area contributed by atoms with Crippen molar-refractivity contribution in [2.45, 2.75) is 25.3 Å². The van der Waals surface area contributed by atoms with Gasteiger partial charge < -0.3 is 32.5 Å². The van der Waals surface area contributed by atoms with Gasteiger partial charge in [-0.2, -0.15) is 0 Å². The molecule has 1 amide bonds. The van der Waals surface area contributed by atoms with Gasteiger partial charge >= 0.3 is 0 Å². The lowest BCUT2D eigenvalue weighted by atomic mass is 10.0. The number of aromatic nitrogens is 4. The van der Waals surface area contributed by atoms with E-state index < -0.39 is 6.04 Å². The highest BCUT2D eigenvalue weighted by Gasteiger charge is 2.19. The van der Waals surface area contributed by atoms with Crippen LogP contribution in [-0.4, -0.2) is 38.4 Å². The third-order valence-corrected chi connectivity index (χ3v) is 10.8. The topological polar surface area (TPSA) is 165 Å². The van der Waals surface area contributed by atoms with Crippen molar-refractivity contribution in [2.24, 2.45) is 11.5 Å². The fourth-order valence-corrected chi connectivity index (χ4v) is 7.87. The Morgan fingerprint density at radius 3 is 1.32 bits per heavy atom. The van der Waals surface area contributed by atoms with Crippen molar-refractivity contribution in [2.75, 3.05) is 17.6 Å². The number of benzene rings is 4. The molecule has 290 valence electrons. The summed E-state index contributed by atoms with van der Waals surface area (Å²) in [4.78, 5) is 31.3. The van der Waals surface area contributed by atoms with Crippen LogP contribution in [0.4, 0.5) is 11.4 Å². The molecule has 2 aliphatic rings. The summed E-state index contributed by atoms with van der Waals surface area (Å²) in [6.45, 7) is 0.579. The van der Waals surface area contributed by atoms with Gasteiger partial charge in [-0.25, -0.2) is 9.97 Å². The number of amides is 1. The number of nitrogens with one attached hydrogen (secondary N) is 3. The highest BCUT2D eigenvalue weighted by molar-refractivity contribution is 6.00. The number of unbranched alkanes of at least 4 members (excludes halogenated alkanes) is 1. The highest BCUT2D eigenvalue weighted by atomic mass is 16.2. The quantitative estimate of drug-likeness (QED) is 0.0598. The van der Waals surface area contributed by atoms with E-state index in [9.17, 15) is 4.79 Å². The highest BCUT2D eigenvalue weighted by Crippen LogP contribution is 2.38. The second-order valence-electron chi connectivity index (χ2n) is 14.8. The van der Waals surface area contributed by atoms with E-state index in [1.807, 2.05) is 72.8 Å². The summed E-state index contributed by atoms with van der Waals surface area (Å²) in [5.41, 5.74) is 34.1. The number of anilines is 2. The lowest BCUT2D eigenvalue weighted by Crippen LogP contribution is -2.35. The zero-order chi connectivity index (χ0) is 40.3. The molecule has 9 heteroatoms. The molecule has 8 bridgehead atoms. The van der Waals surface area contributed by atoms with Crippen molar-refractivity contribution >= 4 is 63.7 Å². The molecule has 7 aromatic rings. The minimum Gasteiger partial charge on any atom is -0.399 e. The molecule has 9 nitrogen and oxygen atoms in total. The van der Waals surface area contributed by atoms with Crippen LogP contribution in [0.2, 0.25) is 0 Å². The molecule has 5 heterocycles. The van der Waals surface area contributed by atoms with Crippen LogP contribution in [0.1, 0.15) is 42.0 Å². The van der Waals surface area contributed by atoms with Crippen molar-refractivity contribution in [1.29, 1.82) is 0 Å². The van der Waals surface area contributed by atoms with E-state index in [-0.39, 0.29) is 5.91 Å². The van der Waals surface area contributed by atoms with Gasteiger partial charge in [-0.05, 0) is 114 Å². The molecule has 1 unspecified atom stereocenters. The maximum atomic E-state index is 13.0. The Kier molecular flexibility index (Phi) is 10.3. The molecule has 0 fully saturated rings. The molecule has 0 saturated carbocycles. The normalized spacial score (nSPS) is 12.4. The number of H-pyrrole nitrogens is 2. The predicted molar refractivity (Wildman–Crippen MR) is 245 cm³/mol. The average molecular weight is 773 g/mol. The van der Waals surface area contributed by atoms with Gasteiger partial charge in [0, 0.05) is 55.7 Å². The molecule has 59 heavy (non-hydrogen) atoms. The molecule has 3 aromatic heterocycles. The zero-order valence-electron chi connectivity index (χ0n) is 32.5. The summed E-state index contributed by atoms with van der Waals surface area (Å²) >= 11 is 0. The van der Waals surface area contributed by atoms with Gasteiger partial charge in [0.2, 0.25) is 5.91 Å². The number of carbonyl (C=O) groups excluding carboxylic acids is 1. The number of rotatable bonds is 10. The van der Waals surface area contributed by atoms with E-state index in [1.165, 1.54) is 0 Å². The van der Waals surface area contributed by atoms with E-state index >= 15 is 0 Å². The standard InChI is InChI=1S/C50H44N8O/c51-30-8-7-13-37(53)50(59)54-36-20-16-34(17-21-36)49-44-27-25-41(57-44)47(32-11-5-2-6-12-32)39-23-22-38(55-39)46(31-9-3-1-4-10-31)40-24-26-42(56-40)48(43-28-29-45(49)58-43)33-14-18-35(52)19-15-33/h1-6,9-12,14-29,37,56-57H,7-8,13,30,51-53H2,(H,54,59). The maximum Gasteiger partial charge on any atom is 0.241 e. The Morgan fingerprint density at radius 2 is 0.915 bits per heavy atom. The van der Waals surface area contributed by atoms with Gasteiger partial charge in [-0.3, -0.25) is 4.79 Å². The minimum absolute atomic E-state index is 0.219. The monoisotopic (exact) mass is 772 g/mol. The van der Waals surface area contributed by atoms with Gasteiger partial charge in [0.1, 0.15) is 0 Å². The van der Waals surface area contributed by atoms with Crippen molar-refractivity contribution in [3.05, 3.63) is 156 Å². The van der Waals surface area contributed by atoms with Gasteiger partial charge in [-0.15, -0.1) is 0 Å². The molecular formula is C50H44N8O. The Hall–Kier alpha value is -7.33. The summed E-state index contributed by atoms with van der Waals surface area (Å²) < 4.78 is 0. The lowest BCUT2D eigenvalue weighted by Gasteiger charge is -2.12. The first kappa shape index (κ1) is 37.3. The number of hydrogen-bond acceptors (Lipinski definition) is 6. The molecule has 0 radical (unpaired) electrons. The summed E-state index contributed by atoms with van der Waals surface area (Å²) in [6, 6.07) is 44.3. The second kappa shape index (κ2) is 16.3. The number of aromatic amines is 2. The molecule has 0 aliphatic carbocycles. The lowest BCUT2D eigenvalue weighted by molar-refractivity contribution is -0.117. The van der Waals surface area contributed by atoms with E-state index in [1.54, 1.807) is 0 Å². The molecule has 4 aromatic carbocycles. The number of hydrogen-bond donors (Lipinski definition) is 6. The fraction of sp³-hybridized carbons (Fsp3) is 0.100. The summed E-state index contributed by atoms with van der Waals surface area (Å²) in [5, 5.41) is 2.99. The number of fused-ring (bicyclic) bond motifs is 8. The van der Waals surface area contributed by atoms with Crippen LogP contribution in [-0.2, 0) is 4.79 Å². The third kappa shape index (κ3) is 7.60. The summed E-state index contributed by atoms with van der Waals surface area (Å²) in [6.07, 6.45) is 10.5. The number of nitrogen functional groups attached to an aromatic ring is 1. The first-order valence-corrected chi connectivity index (χ1v) is 19.9. The minimum atomic E-state index is -0.610. The van der Waals surface area contributed by atoms with E-state index in [0.29, 0.717) is 24.3 Å². The Bertz CT molecular complexity index is 2890. The van der Waals surface area contributed by atoms with Crippen molar-refractivity contribution < 1.29 is 4.79 Å². The molecule has 1 atom stereocenters. The molecular weight excluding hydrogens is 729 g/mol. The van der Waals surface area contributed by atoms with Crippen molar-refractivity contribution in [3.8, 4) is 44.5 Å². The smallest absolute Gasteiger partial charge is 0.241 e. The van der Waals surface area contributed by atoms with Crippen LogP contribution in [0, 0.1) is 0 Å². The SMILES string of the molecule is NCCCCC(N)C(=O)Nc1ccc(-c2c3nc(c(-c4ccc(N)cc4)c4ccc([nH]4)c(-c4ccccc4)c4nc(c(-c5ccccc5)c5ccc2[nH]5)C=C4)C=C3)cc1. The van der Waals surface area contributed by atoms with Gasteiger partial charge in [-0.1, -0.05) is 91.3 Å². The largest absolute Gasteiger partial charge is 0.399 e. The zero-order valence-corrected chi connectivity index (χ0v) is 32.5. The van der Waals surface area contributed by atoms with E-state index in [2.05, 4.69) is 100 Å². The second-order valence-corrected chi connectivity index (χ2v) is 14.8. The van der Waals surface area contributed by atoms with Crippen molar-refractivity contribution in [3.63, 3.8) is 0 Å². The van der Waals surface area contributed by atoms with Gasteiger partial charge in [0.15, 0.2) is 0 Å². The van der Waals surface area contributed by atoms with E-state index in [4.69, 9.17) is 27.2 Å². The number of nitrogens with zero attached hydrogens (tertiary/aromatic N) is 2. The fourth-order valence-electron chi connectivity index (χ4n) is 7.87. The predicted octanol–water partition coefficient (Wildman–Crippen LogP) is 10.3. The van der Waals surface area contributed by atoms with Crippen LogP contribution >= 0.6 is 0 Å². The Morgan fingerprint density at radius 1 is 0.525 bits per heavy atom. The Labute approximate surface area is 342 Å². The molecule has 0 saturated heterocycles. The van der Waals surface area contributed by atoms with Gasteiger partial charge in [0.05, 0.1) is 28.8 Å². The van der Waals surface area contributed by atoms with Crippen molar-refractivity contribution in [1.82, 2.24) is 19.9 Å². The molecule has 2 aliphatic heterocycles. The first-order chi connectivity index (χ1) is 28.9. The molecule has 9 N–H and O–H groups in total. The van der Waals surface area contributed by atoms with Crippen LogP contribution < -0.4 is 22.5 Å². The Balaban J connectivity index is 1.31. The maximum absolute atomic E-state index is 13.0. The van der Waals surface area contributed by atoms with Crippen LogP contribution in [0.3, 0.4) is 0 Å². The van der Waals surface area contributed by atoms with Crippen LogP contribution in [0.5, 0.6) is 0 Å². The summed E-state index contributed by atoms with van der Waals surface area (Å²) in [5.74, 6) is -0.219. The third-order valence-electron chi connectivity index (χ3n) is 10.8. The van der Waals surface area contributed by atoms with E-state index in [0.717, 1.165) is 102 Å². The average Bonchev–Trinajstić information content (AvgIpc) is 4.11. The van der Waals surface area contributed by atoms with Crippen LogP contribution in [0.15, 0.2) is 133 Å².